The first-order chi connectivity index (χ1) is 17.4. The summed E-state index contributed by atoms with van der Waals surface area (Å²) in [5.74, 6) is 0.225. The third-order valence-electron chi connectivity index (χ3n) is 8.20. The van der Waals surface area contributed by atoms with Crippen LogP contribution in [0.15, 0.2) is 54.6 Å². The Morgan fingerprint density at radius 3 is 1.67 bits per heavy atom. The molecule has 36 heavy (non-hydrogen) atoms. The van der Waals surface area contributed by atoms with Crippen molar-refractivity contribution in [2.45, 2.75) is 60.8 Å². The van der Waals surface area contributed by atoms with Crippen molar-refractivity contribution in [1.29, 1.82) is 0 Å². The number of likely N-dealkylation sites (N-methyl/N-ethyl adjacent to an activating group) is 1. The number of aryl methyl sites for hydroxylation is 2. The fraction of sp³-hybridized carbons (Fsp3) is 0.455. The smallest absolute Gasteiger partial charge is 0.0399 e. The number of hydrogen-bond donors (Lipinski definition) is 0. The summed E-state index contributed by atoms with van der Waals surface area (Å²) >= 11 is 0. The molecule has 3 heteroatoms. The lowest BCUT2D eigenvalue weighted by molar-refractivity contribution is 0.859. The molecule has 0 saturated heterocycles. The van der Waals surface area contributed by atoms with Crippen LogP contribution in [-0.4, -0.2) is 39.3 Å². The number of benzene rings is 3. The second kappa shape index (κ2) is 11.4. The highest BCUT2D eigenvalue weighted by Crippen LogP contribution is 2.40. The Labute approximate surface area is 219 Å². The molecule has 0 atom stereocenters. The zero-order valence-corrected chi connectivity index (χ0v) is 23.6. The Hall–Kier alpha value is -2.94. The van der Waals surface area contributed by atoms with Gasteiger partial charge in [0.15, 0.2) is 0 Å². The van der Waals surface area contributed by atoms with Gasteiger partial charge in [-0.2, -0.15) is 0 Å². The molecular weight excluding hydrogens is 438 g/mol. The van der Waals surface area contributed by atoms with Crippen LogP contribution in [0.25, 0.3) is 0 Å². The van der Waals surface area contributed by atoms with Crippen LogP contribution < -0.4 is 14.7 Å². The Morgan fingerprint density at radius 2 is 1.22 bits per heavy atom. The van der Waals surface area contributed by atoms with Crippen LogP contribution in [0.3, 0.4) is 0 Å². The lowest BCUT2D eigenvalue weighted by Gasteiger charge is -2.28. The maximum Gasteiger partial charge on any atom is 0.0399 e. The quantitative estimate of drug-likeness (QED) is 0.276. The maximum absolute atomic E-state index is 2.50. The third-order valence-corrected chi connectivity index (χ3v) is 8.20. The van der Waals surface area contributed by atoms with Gasteiger partial charge in [0.25, 0.3) is 0 Å². The van der Waals surface area contributed by atoms with Crippen LogP contribution in [-0.2, 0) is 6.42 Å². The van der Waals surface area contributed by atoms with E-state index in [4.69, 9.17) is 0 Å². The molecule has 0 bridgehead atoms. The Kier molecular flexibility index (Phi) is 8.28. The van der Waals surface area contributed by atoms with Crippen molar-refractivity contribution in [3.8, 4) is 0 Å². The molecule has 3 nitrogen and oxygen atoms in total. The van der Waals surface area contributed by atoms with E-state index in [-0.39, 0.29) is 5.92 Å². The van der Waals surface area contributed by atoms with Crippen LogP contribution in [0.2, 0.25) is 0 Å². The number of hydrogen-bond acceptors (Lipinski definition) is 3. The number of rotatable bonds is 10. The summed E-state index contributed by atoms with van der Waals surface area (Å²) < 4.78 is 0. The molecular formula is C33H45N3. The molecule has 1 aliphatic rings. The van der Waals surface area contributed by atoms with Crippen LogP contribution in [0, 0.1) is 13.8 Å². The largest absolute Gasteiger partial charge is 0.372 e. The van der Waals surface area contributed by atoms with Gasteiger partial charge in [-0.05, 0) is 119 Å². The second-order valence-electron chi connectivity index (χ2n) is 10.1. The fourth-order valence-electron chi connectivity index (χ4n) is 6.06. The Bertz CT molecular complexity index is 1110. The van der Waals surface area contributed by atoms with Crippen molar-refractivity contribution >= 4 is 17.1 Å². The topological polar surface area (TPSA) is 9.72 Å². The SMILES string of the molecule is CCN(CC)c1ccc(C(c2ccc3c(c2)CCN3CC)c2ccc(N(CC)CC)cc2C)c(C)c1. The molecule has 192 valence electrons. The predicted molar refractivity (Wildman–Crippen MR) is 158 cm³/mol. The number of nitrogens with zero attached hydrogens (tertiary/aromatic N) is 3. The summed E-state index contributed by atoms with van der Waals surface area (Å²) in [6.07, 6.45) is 1.14. The molecule has 0 amide bonds. The van der Waals surface area contributed by atoms with Gasteiger partial charge in [0, 0.05) is 62.2 Å². The van der Waals surface area contributed by atoms with Gasteiger partial charge >= 0.3 is 0 Å². The minimum Gasteiger partial charge on any atom is -0.372 e. The average molecular weight is 484 g/mol. The van der Waals surface area contributed by atoms with E-state index in [0.29, 0.717) is 0 Å². The van der Waals surface area contributed by atoms with Crippen molar-refractivity contribution in [3.05, 3.63) is 88.0 Å². The zero-order valence-electron chi connectivity index (χ0n) is 23.6. The monoisotopic (exact) mass is 483 g/mol. The summed E-state index contributed by atoms with van der Waals surface area (Å²) in [6.45, 7) is 22.1. The van der Waals surface area contributed by atoms with E-state index in [9.17, 15) is 0 Å². The summed E-state index contributed by atoms with van der Waals surface area (Å²) in [7, 11) is 0. The highest BCUT2D eigenvalue weighted by Gasteiger charge is 2.25. The number of fused-ring (bicyclic) bond motifs is 1. The van der Waals surface area contributed by atoms with E-state index in [0.717, 1.165) is 45.7 Å². The fourth-order valence-corrected chi connectivity index (χ4v) is 6.06. The molecule has 3 aromatic carbocycles. The van der Waals surface area contributed by atoms with Crippen molar-refractivity contribution in [3.63, 3.8) is 0 Å². The molecule has 0 aliphatic carbocycles. The van der Waals surface area contributed by atoms with Crippen LogP contribution >= 0.6 is 0 Å². The Balaban J connectivity index is 1.84. The first-order valence-corrected chi connectivity index (χ1v) is 14.0. The van der Waals surface area contributed by atoms with Gasteiger partial charge in [-0.15, -0.1) is 0 Å². The van der Waals surface area contributed by atoms with Crippen LogP contribution in [0.4, 0.5) is 17.1 Å². The molecule has 0 fully saturated rings. The van der Waals surface area contributed by atoms with E-state index in [1.807, 2.05) is 0 Å². The lowest BCUT2D eigenvalue weighted by atomic mass is 9.80. The predicted octanol–water partition coefficient (Wildman–Crippen LogP) is 7.56. The lowest BCUT2D eigenvalue weighted by Crippen LogP contribution is -2.22. The van der Waals surface area contributed by atoms with E-state index in [1.165, 1.54) is 50.4 Å². The second-order valence-corrected chi connectivity index (χ2v) is 10.1. The number of anilines is 3. The van der Waals surface area contributed by atoms with Crippen molar-refractivity contribution in [2.75, 3.05) is 54.0 Å². The normalized spacial score (nSPS) is 12.8. The summed E-state index contributed by atoms with van der Waals surface area (Å²) in [4.78, 5) is 7.37. The van der Waals surface area contributed by atoms with Gasteiger partial charge in [-0.3, -0.25) is 0 Å². The van der Waals surface area contributed by atoms with Crippen molar-refractivity contribution < 1.29 is 0 Å². The first kappa shape index (κ1) is 26.1. The van der Waals surface area contributed by atoms with Gasteiger partial charge in [0.05, 0.1) is 0 Å². The zero-order chi connectivity index (χ0) is 25.8. The van der Waals surface area contributed by atoms with Gasteiger partial charge in [-0.25, -0.2) is 0 Å². The molecule has 4 rings (SSSR count). The van der Waals surface area contributed by atoms with Gasteiger partial charge in [0.1, 0.15) is 0 Å². The van der Waals surface area contributed by atoms with Crippen LogP contribution in [0.1, 0.15) is 73.9 Å². The molecule has 0 aromatic heterocycles. The van der Waals surface area contributed by atoms with Gasteiger partial charge in [0.2, 0.25) is 0 Å². The van der Waals surface area contributed by atoms with Gasteiger partial charge in [-0.1, -0.05) is 24.3 Å². The highest BCUT2D eigenvalue weighted by molar-refractivity contribution is 5.63. The van der Waals surface area contributed by atoms with Crippen LogP contribution in [0.5, 0.6) is 0 Å². The average Bonchev–Trinajstić information content (AvgIpc) is 3.30. The van der Waals surface area contributed by atoms with E-state index >= 15 is 0 Å². The van der Waals surface area contributed by atoms with Gasteiger partial charge < -0.3 is 14.7 Å². The third kappa shape index (κ3) is 4.98. The van der Waals surface area contributed by atoms with E-state index in [2.05, 4.69) is 118 Å². The molecule has 0 saturated carbocycles. The minimum atomic E-state index is 0.225. The molecule has 0 N–H and O–H groups in total. The van der Waals surface area contributed by atoms with E-state index in [1.54, 1.807) is 0 Å². The first-order valence-electron chi connectivity index (χ1n) is 14.0. The Morgan fingerprint density at radius 1 is 0.694 bits per heavy atom. The summed E-state index contributed by atoms with van der Waals surface area (Å²) in [5, 5.41) is 0. The standard InChI is InChI=1S/C33H45N3/c1-8-34(9-2)28-14-16-30(24(6)21-28)33(27-13-18-32-26(23-27)19-20-36(32)12-5)31-17-15-29(22-25(31)7)35(10-3)11-4/h13-18,21-23,33H,8-12,19-20H2,1-7H3. The highest BCUT2D eigenvalue weighted by atomic mass is 15.1. The van der Waals surface area contributed by atoms with E-state index < -0.39 is 0 Å². The molecule has 0 radical (unpaired) electrons. The maximum atomic E-state index is 2.50. The van der Waals surface area contributed by atoms with Crippen molar-refractivity contribution in [2.24, 2.45) is 0 Å². The molecule has 0 unspecified atom stereocenters. The van der Waals surface area contributed by atoms with Crippen molar-refractivity contribution in [1.82, 2.24) is 0 Å². The summed E-state index contributed by atoms with van der Waals surface area (Å²) in [5.41, 5.74) is 12.5. The molecule has 0 spiro atoms. The minimum absolute atomic E-state index is 0.225. The molecule has 1 heterocycles. The molecule has 1 aliphatic heterocycles. The summed E-state index contributed by atoms with van der Waals surface area (Å²) in [6, 6.07) is 21.4. The molecule has 3 aromatic rings.